The lowest BCUT2D eigenvalue weighted by Gasteiger charge is -2.12. The summed E-state index contributed by atoms with van der Waals surface area (Å²) in [6, 6.07) is 5.57. The van der Waals surface area contributed by atoms with Gasteiger partial charge in [-0.15, -0.1) is 0 Å². The van der Waals surface area contributed by atoms with Crippen molar-refractivity contribution < 1.29 is 9.47 Å². The Labute approximate surface area is 134 Å². The number of ether oxygens (including phenoxy) is 2. The Bertz CT molecular complexity index is 708. The number of nitrogens with zero attached hydrogens (tertiary/aromatic N) is 2. The van der Waals surface area contributed by atoms with Crippen molar-refractivity contribution in [3.8, 4) is 11.4 Å². The third kappa shape index (κ3) is 2.16. The average Bonchev–Trinajstić information content (AvgIpc) is 3.24. The highest BCUT2D eigenvalue weighted by Crippen LogP contribution is 2.38. The van der Waals surface area contributed by atoms with Gasteiger partial charge in [-0.05, 0) is 37.5 Å². The summed E-state index contributed by atoms with van der Waals surface area (Å²) in [6.45, 7) is 1.75. The van der Waals surface area contributed by atoms with Gasteiger partial charge in [-0.2, -0.15) is 5.10 Å². The van der Waals surface area contributed by atoms with Crippen molar-refractivity contribution >= 4 is 17.4 Å². The molecule has 0 bridgehead atoms. The number of hydrogen-bond donors (Lipinski definition) is 1. The molecule has 1 unspecified atom stereocenters. The molecule has 1 saturated heterocycles. The van der Waals surface area contributed by atoms with Crippen molar-refractivity contribution in [1.82, 2.24) is 9.78 Å². The van der Waals surface area contributed by atoms with Crippen LogP contribution in [0.5, 0.6) is 5.75 Å². The van der Waals surface area contributed by atoms with Crippen LogP contribution in [-0.2, 0) is 11.2 Å². The van der Waals surface area contributed by atoms with Crippen LogP contribution in [0.2, 0.25) is 5.02 Å². The maximum Gasteiger partial charge on any atom is 0.144 e. The Kier molecular flexibility index (Phi) is 3.47. The van der Waals surface area contributed by atoms with Gasteiger partial charge in [0.15, 0.2) is 0 Å². The highest BCUT2D eigenvalue weighted by Gasteiger charge is 2.30. The summed E-state index contributed by atoms with van der Waals surface area (Å²) in [4.78, 5) is 0. The molecule has 0 saturated carbocycles. The second kappa shape index (κ2) is 5.48. The SMILES string of the molecule is COc1ccc(Cl)cc1-n1nc(C2CCCO2)c2c1NCC2. The molecule has 1 aromatic carbocycles. The van der Waals surface area contributed by atoms with Crippen molar-refractivity contribution in [3.63, 3.8) is 0 Å². The van der Waals surface area contributed by atoms with Crippen LogP contribution in [0.25, 0.3) is 5.69 Å². The number of halogens is 1. The van der Waals surface area contributed by atoms with Gasteiger partial charge in [0.25, 0.3) is 0 Å². The van der Waals surface area contributed by atoms with E-state index in [1.165, 1.54) is 5.56 Å². The van der Waals surface area contributed by atoms with E-state index < -0.39 is 0 Å². The van der Waals surface area contributed by atoms with Gasteiger partial charge in [-0.3, -0.25) is 0 Å². The molecule has 5 nitrogen and oxygen atoms in total. The van der Waals surface area contributed by atoms with Gasteiger partial charge >= 0.3 is 0 Å². The van der Waals surface area contributed by atoms with Crippen LogP contribution >= 0.6 is 11.6 Å². The van der Waals surface area contributed by atoms with E-state index in [4.69, 9.17) is 26.2 Å². The first-order valence-corrected chi connectivity index (χ1v) is 7.97. The molecule has 0 aliphatic carbocycles. The molecule has 116 valence electrons. The molecule has 1 atom stereocenters. The predicted octanol–water partition coefficient (Wildman–Crippen LogP) is 3.35. The normalized spacial score (nSPS) is 20.0. The van der Waals surface area contributed by atoms with Crippen LogP contribution in [-0.4, -0.2) is 30.0 Å². The van der Waals surface area contributed by atoms with Gasteiger partial charge < -0.3 is 14.8 Å². The average molecular weight is 320 g/mol. The van der Waals surface area contributed by atoms with E-state index >= 15 is 0 Å². The minimum absolute atomic E-state index is 0.111. The predicted molar refractivity (Wildman–Crippen MR) is 85.2 cm³/mol. The molecule has 0 amide bonds. The van der Waals surface area contributed by atoms with E-state index in [1.54, 1.807) is 7.11 Å². The summed E-state index contributed by atoms with van der Waals surface area (Å²) in [5.74, 6) is 1.79. The first-order chi connectivity index (χ1) is 10.8. The zero-order valence-electron chi connectivity index (χ0n) is 12.4. The summed E-state index contributed by atoms with van der Waals surface area (Å²) in [7, 11) is 1.66. The van der Waals surface area contributed by atoms with E-state index in [2.05, 4.69) is 5.32 Å². The third-order valence-corrected chi connectivity index (χ3v) is 4.52. The molecule has 2 aromatic rings. The molecule has 0 radical (unpaired) electrons. The molecular formula is C16H18ClN3O2. The second-order valence-electron chi connectivity index (χ2n) is 5.62. The maximum absolute atomic E-state index is 6.17. The van der Waals surface area contributed by atoms with E-state index in [0.717, 1.165) is 55.4 Å². The largest absolute Gasteiger partial charge is 0.494 e. The summed E-state index contributed by atoms with van der Waals surface area (Å²) < 4.78 is 13.2. The number of benzene rings is 1. The van der Waals surface area contributed by atoms with Crippen molar-refractivity contribution in [2.45, 2.75) is 25.4 Å². The number of aromatic nitrogens is 2. The number of nitrogens with one attached hydrogen (secondary N) is 1. The Morgan fingerprint density at radius 1 is 1.45 bits per heavy atom. The topological polar surface area (TPSA) is 48.3 Å². The van der Waals surface area contributed by atoms with E-state index in [-0.39, 0.29) is 6.10 Å². The van der Waals surface area contributed by atoms with Gasteiger partial charge in [0.05, 0.1) is 12.8 Å². The Balaban J connectivity index is 1.86. The first kappa shape index (κ1) is 13.9. The lowest BCUT2D eigenvalue weighted by Crippen LogP contribution is -2.07. The van der Waals surface area contributed by atoms with Crippen LogP contribution < -0.4 is 10.1 Å². The fourth-order valence-electron chi connectivity index (χ4n) is 3.26. The highest BCUT2D eigenvalue weighted by atomic mass is 35.5. The molecule has 0 spiro atoms. The van der Waals surface area contributed by atoms with E-state index in [0.29, 0.717) is 5.02 Å². The highest BCUT2D eigenvalue weighted by molar-refractivity contribution is 6.30. The van der Waals surface area contributed by atoms with Gasteiger partial charge in [0, 0.05) is 23.7 Å². The monoisotopic (exact) mass is 319 g/mol. The van der Waals surface area contributed by atoms with Crippen LogP contribution in [0.4, 0.5) is 5.82 Å². The van der Waals surface area contributed by atoms with E-state index in [9.17, 15) is 0 Å². The minimum Gasteiger partial charge on any atom is -0.494 e. The number of methoxy groups -OCH3 is 1. The standard InChI is InChI=1S/C16H18ClN3O2/c1-21-13-5-4-10(17)9-12(13)20-16-11(6-7-18-16)15(19-20)14-3-2-8-22-14/h4-5,9,14,18H,2-3,6-8H2,1H3. The summed E-state index contributed by atoms with van der Waals surface area (Å²) in [6.07, 6.45) is 3.23. The molecule has 3 heterocycles. The van der Waals surface area contributed by atoms with Crippen LogP contribution in [0.1, 0.15) is 30.2 Å². The minimum atomic E-state index is 0.111. The molecule has 1 N–H and O–H groups in total. The fraction of sp³-hybridized carbons (Fsp3) is 0.438. The van der Waals surface area contributed by atoms with Gasteiger partial charge in [0.2, 0.25) is 0 Å². The lowest BCUT2D eigenvalue weighted by atomic mass is 10.1. The lowest BCUT2D eigenvalue weighted by molar-refractivity contribution is 0.107. The van der Waals surface area contributed by atoms with Crippen LogP contribution in [0.15, 0.2) is 18.2 Å². The Morgan fingerprint density at radius 2 is 2.36 bits per heavy atom. The van der Waals surface area contributed by atoms with E-state index in [1.807, 2.05) is 22.9 Å². The zero-order chi connectivity index (χ0) is 15.1. The van der Waals surface area contributed by atoms with Crippen molar-refractivity contribution in [2.24, 2.45) is 0 Å². The van der Waals surface area contributed by atoms with Crippen molar-refractivity contribution in [3.05, 3.63) is 34.5 Å². The van der Waals surface area contributed by atoms with Gasteiger partial charge in [-0.1, -0.05) is 11.6 Å². The van der Waals surface area contributed by atoms with Crippen LogP contribution in [0.3, 0.4) is 0 Å². The number of hydrogen-bond acceptors (Lipinski definition) is 4. The molecule has 2 aliphatic rings. The van der Waals surface area contributed by atoms with Gasteiger partial charge in [0.1, 0.15) is 23.4 Å². The quantitative estimate of drug-likeness (QED) is 0.942. The molecule has 1 fully saturated rings. The van der Waals surface area contributed by atoms with Crippen molar-refractivity contribution in [1.29, 1.82) is 0 Å². The third-order valence-electron chi connectivity index (χ3n) is 4.29. The van der Waals surface area contributed by atoms with Gasteiger partial charge in [-0.25, -0.2) is 4.68 Å². The fourth-order valence-corrected chi connectivity index (χ4v) is 3.42. The molecule has 2 aliphatic heterocycles. The first-order valence-electron chi connectivity index (χ1n) is 7.59. The molecule has 4 rings (SSSR count). The number of fused-ring (bicyclic) bond motifs is 1. The Morgan fingerprint density at radius 3 is 3.14 bits per heavy atom. The smallest absolute Gasteiger partial charge is 0.144 e. The molecule has 1 aromatic heterocycles. The summed E-state index contributed by atoms with van der Waals surface area (Å²) in [5, 5.41) is 8.92. The van der Waals surface area contributed by atoms with Crippen molar-refractivity contribution in [2.75, 3.05) is 25.6 Å². The summed E-state index contributed by atoms with van der Waals surface area (Å²) in [5.41, 5.74) is 3.17. The second-order valence-corrected chi connectivity index (χ2v) is 6.06. The molecule has 22 heavy (non-hydrogen) atoms. The molecule has 6 heteroatoms. The zero-order valence-corrected chi connectivity index (χ0v) is 13.2. The Hall–Kier alpha value is -1.72. The van der Waals surface area contributed by atoms with Crippen LogP contribution in [0, 0.1) is 0 Å². The summed E-state index contributed by atoms with van der Waals surface area (Å²) >= 11 is 6.17. The number of anilines is 1. The number of rotatable bonds is 3. The molecular weight excluding hydrogens is 302 g/mol. The maximum atomic E-state index is 6.17.